The standard InChI is InChI=1S/C21H20N2O3S3/c1-22-16-8-2-4-10-18(16)27-20(22)12-6-13-21-23(14-7-15-29(24,25)26)17-9-3-5-11-19(17)28-21/h2-6,8-13H,7,14-15H2,1H3/p+1. The molecule has 5 nitrogen and oxygen atoms in total. The molecule has 150 valence electrons. The highest BCUT2D eigenvalue weighted by Crippen LogP contribution is 2.45. The third kappa shape index (κ3) is 4.56. The van der Waals surface area contributed by atoms with Gasteiger partial charge in [0.1, 0.15) is 11.7 Å². The number of hydrogen-bond acceptors (Lipinski definition) is 5. The summed E-state index contributed by atoms with van der Waals surface area (Å²) in [7, 11) is -1.89. The Balaban J connectivity index is 1.57. The molecular weight excluding hydrogens is 424 g/mol. The molecule has 29 heavy (non-hydrogen) atoms. The fraction of sp³-hybridized carbons (Fsp3) is 0.190. The van der Waals surface area contributed by atoms with Gasteiger partial charge in [0.25, 0.3) is 15.1 Å². The predicted octanol–water partition coefficient (Wildman–Crippen LogP) is 4.47. The molecule has 1 aliphatic rings. The lowest BCUT2D eigenvalue weighted by Gasteiger charge is -2.19. The molecule has 1 aromatic heterocycles. The van der Waals surface area contributed by atoms with Gasteiger partial charge in [0.2, 0.25) is 5.52 Å². The Labute approximate surface area is 178 Å². The summed E-state index contributed by atoms with van der Waals surface area (Å²) in [5, 5.41) is 2.20. The number of nitrogens with zero attached hydrogens (tertiary/aromatic N) is 2. The Morgan fingerprint density at radius 2 is 1.90 bits per heavy atom. The zero-order valence-electron chi connectivity index (χ0n) is 15.9. The van der Waals surface area contributed by atoms with Crippen LogP contribution < -0.4 is 9.47 Å². The van der Waals surface area contributed by atoms with Gasteiger partial charge in [-0.25, -0.2) is 0 Å². The average molecular weight is 446 g/mol. The molecule has 0 amide bonds. The number of allylic oxidation sites excluding steroid dienone is 2. The van der Waals surface area contributed by atoms with Gasteiger partial charge in [-0.1, -0.05) is 53.4 Å². The zero-order chi connectivity index (χ0) is 20.4. The van der Waals surface area contributed by atoms with Crippen LogP contribution in [0.3, 0.4) is 0 Å². The summed E-state index contributed by atoms with van der Waals surface area (Å²) < 4.78 is 34.6. The number of fused-ring (bicyclic) bond motifs is 2. The lowest BCUT2D eigenvalue weighted by Crippen LogP contribution is -2.28. The second-order valence-corrected chi connectivity index (χ2v) is 10.4. The second-order valence-electron chi connectivity index (χ2n) is 6.69. The van der Waals surface area contributed by atoms with E-state index in [-0.39, 0.29) is 5.75 Å². The number of aryl methyl sites for hydroxylation is 1. The number of para-hydroxylation sites is 2. The molecule has 4 rings (SSSR count). The van der Waals surface area contributed by atoms with Crippen LogP contribution in [0.1, 0.15) is 11.4 Å². The van der Waals surface area contributed by atoms with Gasteiger partial charge in [-0.05, 0) is 30.7 Å². The van der Waals surface area contributed by atoms with Crippen molar-refractivity contribution >= 4 is 55.2 Å². The van der Waals surface area contributed by atoms with Gasteiger partial charge in [-0.2, -0.15) is 13.0 Å². The van der Waals surface area contributed by atoms with Crippen LogP contribution >= 0.6 is 23.1 Å². The monoisotopic (exact) mass is 445 g/mol. The second kappa shape index (κ2) is 8.31. The Hall–Kier alpha value is -2.13. The van der Waals surface area contributed by atoms with Crippen LogP contribution in [-0.2, 0) is 17.2 Å². The molecule has 0 aliphatic carbocycles. The van der Waals surface area contributed by atoms with E-state index in [1.807, 2.05) is 36.4 Å². The van der Waals surface area contributed by atoms with Crippen LogP contribution in [0.4, 0.5) is 5.69 Å². The summed E-state index contributed by atoms with van der Waals surface area (Å²) in [4.78, 5) is 3.26. The van der Waals surface area contributed by atoms with Crippen molar-refractivity contribution in [1.29, 1.82) is 0 Å². The summed E-state index contributed by atoms with van der Waals surface area (Å²) in [6.45, 7) is 0.528. The Kier molecular flexibility index (Phi) is 5.78. The zero-order valence-corrected chi connectivity index (χ0v) is 18.3. The van der Waals surface area contributed by atoms with Gasteiger partial charge in [0, 0.05) is 23.6 Å². The lowest BCUT2D eigenvalue weighted by molar-refractivity contribution is -0.642. The van der Waals surface area contributed by atoms with E-state index in [2.05, 4.69) is 46.9 Å². The number of rotatable bonds is 6. The van der Waals surface area contributed by atoms with Gasteiger partial charge in [0.05, 0.1) is 16.5 Å². The van der Waals surface area contributed by atoms with E-state index in [0.717, 1.165) is 20.6 Å². The number of hydrogen-bond donors (Lipinski definition) is 1. The van der Waals surface area contributed by atoms with Crippen LogP contribution in [0.25, 0.3) is 16.3 Å². The molecule has 0 saturated heterocycles. The van der Waals surface area contributed by atoms with E-state index in [1.165, 1.54) is 10.2 Å². The van der Waals surface area contributed by atoms with Gasteiger partial charge in [-0.15, -0.1) is 0 Å². The first kappa shape index (κ1) is 20.2. The van der Waals surface area contributed by atoms with Crippen LogP contribution in [0.5, 0.6) is 0 Å². The maximum absolute atomic E-state index is 11.1. The van der Waals surface area contributed by atoms with E-state index in [4.69, 9.17) is 4.55 Å². The van der Waals surface area contributed by atoms with E-state index in [1.54, 1.807) is 23.1 Å². The molecular formula is C21H21N2O3S3+. The fourth-order valence-electron chi connectivity index (χ4n) is 3.29. The highest BCUT2D eigenvalue weighted by molar-refractivity contribution is 8.03. The van der Waals surface area contributed by atoms with Gasteiger partial charge in [-0.3, -0.25) is 4.55 Å². The minimum Gasteiger partial charge on any atom is -0.335 e. The molecule has 0 saturated carbocycles. The highest BCUT2D eigenvalue weighted by atomic mass is 32.2. The summed E-state index contributed by atoms with van der Waals surface area (Å²) in [6.07, 6.45) is 6.55. The third-order valence-electron chi connectivity index (χ3n) is 4.67. The molecule has 8 heteroatoms. The normalized spacial score (nSPS) is 15.7. The van der Waals surface area contributed by atoms with Crippen molar-refractivity contribution in [3.8, 4) is 0 Å². The van der Waals surface area contributed by atoms with Crippen LogP contribution in [0.15, 0.2) is 70.6 Å². The smallest absolute Gasteiger partial charge is 0.264 e. The molecule has 0 unspecified atom stereocenters. The van der Waals surface area contributed by atoms with Crippen molar-refractivity contribution in [2.45, 2.75) is 11.3 Å². The molecule has 0 bridgehead atoms. The van der Waals surface area contributed by atoms with Gasteiger partial charge >= 0.3 is 0 Å². The highest BCUT2D eigenvalue weighted by Gasteiger charge is 2.24. The van der Waals surface area contributed by atoms with Crippen molar-refractivity contribution in [2.75, 3.05) is 17.2 Å². The van der Waals surface area contributed by atoms with E-state index in [0.29, 0.717) is 13.0 Å². The predicted molar refractivity (Wildman–Crippen MR) is 121 cm³/mol. The largest absolute Gasteiger partial charge is 0.335 e. The molecule has 2 aromatic carbocycles. The average Bonchev–Trinajstić information content (AvgIpc) is 3.19. The first-order valence-electron chi connectivity index (χ1n) is 9.18. The van der Waals surface area contributed by atoms with E-state index >= 15 is 0 Å². The summed E-state index contributed by atoms with van der Waals surface area (Å²) in [6, 6.07) is 16.4. The lowest BCUT2D eigenvalue weighted by atomic mass is 10.3. The van der Waals surface area contributed by atoms with Crippen molar-refractivity contribution in [2.24, 2.45) is 7.05 Å². The van der Waals surface area contributed by atoms with Crippen molar-refractivity contribution in [3.63, 3.8) is 0 Å². The minimum atomic E-state index is -3.95. The Morgan fingerprint density at radius 3 is 2.69 bits per heavy atom. The van der Waals surface area contributed by atoms with Crippen molar-refractivity contribution in [3.05, 3.63) is 70.7 Å². The maximum Gasteiger partial charge on any atom is 0.264 e. The Bertz CT molecular complexity index is 1210. The maximum atomic E-state index is 11.1. The summed E-state index contributed by atoms with van der Waals surface area (Å²) in [5.41, 5.74) is 2.28. The van der Waals surface area contributed by atoms with E-state index < -0.39 is 10.1 Å². The molecule has 1 aliphatic heterocycles. The summed E-state index contributed by atoms with van der Waals surface area (Å²) in [5.74, 6) is -0.239. The molecule has 0 spiro atoms. The number of anilines is 1. The number of benzene rings is 2. The number of thioether (sulfide) groups is 1. The summed E-state index contributed by atoms with van der Waals surface area (Å²) >= 11 is 3.41. The third-order valence-corrected chi connectivity index (χ3v) is 7.79. The minimum absolute atomic E-state index is 0.239. The van der Waals surface area contributed by atoms with Crippen molar-refractivity contribution < 1.29 is 17.5 Å². The van der Waals surface area contributed by atoms with Crippen molar-refractivity contribution in [1.82, 2.24) is 0 Å². The first-order chi connectivity index (χ1) is 13.9. The molecule has 2 heterocycles. The Morgan fingerprint density at radius 1 is 1.14 bits per heavy atom. The molecule has 3 aromatic rings. The molecule has 0 atom stereocenters. The molecule has 0 radical (unpaired) electrons. The number of aromatic nitrogens is 1. The molecule has 1 N–H and O–H groups in total. The molecule has 0 fully saturated rings. The van der Waals surface area contributed by atoms with E-state index in [9.17, 15) is 8.42 Å². The number of thiazole rings is 1. The topological polar surface area (TPSA) is 61.5 Å². The van der Waals surface area contributed by atoms with Gasteiger partial charge in [0.15, 0.2) is 0 Å². The van der Waals surface area contributed by atoms with Crippen LogP contribution in [-0.4, -0.2) is 25.3 Å². The SMILES string of the molecule is C[n+]1c(/C=C/C=C2\Sc3ccccc3N2CCCS(=O)(=O)O)sc2ccccc21. The quantitative estimate of drug-likeness (QED) is 0.448. The van der Waals surface area contributed by atoms with Crippen LogP contribution in [0.2, 0.25) is 0 Å². The fourth-order valence-corrected chi connectivity index (χ4v) is 5.95. The van der Waals surface area contributed by atoms with Crippen LogP contribution in [0, 0.1) is 0 Å². The van der Waals surface area contributed by atoms with Gasteiger partial charge < -0.3 is 4.90 Å². The first-order valence-corrected chi connectivity index (χ1v) is 12.4.